The van der Waals surface area contributed by atoms with Crippen LogP contribution in [-0.2, 0) is 9.57 Å². The van der Waals surface area contributed by atoms with Crippen LogP contribution < -0.4 is 5.32 Å². The maximum Gasteiger partial charge on any atom is 0.410 e. The van der Waals surface area contributed by atoms with Gasteiger partial charge >= 0.3 is 6.09 Å². The quantitative estimate of drug-likeness (QED) is 0.793. The van der Waals surface area contributed by atoms with Crippen molar-refractivity contribution in [1.82, 2.24) is 10.2 Å². The molecule has 1 N–H and O–H groups in total. The fourth-order valence-corrected chi connectivity index (χ4v) is 2.43. The van der Waals surface area contributed by atoms with E-state index in [-0.39, 0.29) is 12.2 Å². The van der Waals surface area contributed by atoms with E-state index in [4.69, 9.17) is 9.57 Å². The predicted octanol–water partition coefficient (Wildman–Crippen LogP) is 2.14. The third-order valence-corrected chi connectivity index (χ3v) is 3.61. The Labute approximate surface area is 126 Å². The number of oxime groups is 1. The van der Waals surface area contributed by atoms with E-state index in [0.717, 1.165) is 44.5 Å². The van der Waals surface area contributed by atoms with Crippen LogP contribution in [0.2, 0.25) is 0 Å². The minimum absolute atomic E-state index is 0.117. The van der Waals surface area contributed by atoms with Crippen molar-refractivity contribution in [2.45, 2.75) is 58.2 Å². The smallest absolute Gasteiger partial charge is 0.410 e. The molecule has 0 saturated carbocycles. The molecule has 2 heterocycles. The Morgan fingerprint density at radius 2 is 1.86 bits per heavy atom. The summed E-state index contributed by atoms with van der Waals surface area (Å²) < 4.78 is 5.38. The average molecular weight is 297 g/mol. The van der Waals surface area contributed by atoms with Gasteiger partial charge in [-0.05, 0) is 20.8 Å². The van der Waals surface area contributed by atoms with Gasteiger partial charge < -0.3 is 19.8 Å². The Hall–Kier alpha value is -1.30. The SMILES string of the molecule is CC(C)(C)OC(=O)N1CCC(ON=C2CCNCC2)CC1. The molecule has 0 aromatic carbocycles. The summed E-state index contributed by atoms with van der Waals surface area (Å²) in [5, 5.41) is 7.57. The van der Waals surface area contributed by atoms with E-state index in [1.54, 1.807) is 4.90 Å². The van der Waals surface area contributed by atoms with E-state index in [1.807, 2.05) is 20.8 Å². The summed E-state index contributed by atoms with van der Waals surface area (Å²) in [7, 11) is 0. The van der Waals surface area contributed by atoms with Crippen molar-refractivity contribution in [2.75, 3.05) is 26.2 Å². The molecule has 0 spiro atoms. The number of hydrogen-bond donors (Lipinski definition) is 1. The lowest BCUT2D eigenvalue weighted by atomic mass is 10.1. The molecule has 2 aliphatic heterocycles. The molecule has 2 aliphatic rings. The summed E-state index contributed by atoms with van der Waals surface area (Å²) in [6, 6.07) is 0. The molecular weight excluding hydrogens is 270 g/mol. The Kier molecular flexibility index (Phi) is 5.45. The fourth-order valence-electron chi connectivity index (χ4n) is 2.43. The Morgan fingerprint density at radius 1 is 1.24 bits per heavy atom. The monoisotopic (exact) mass is 297 g/mol. The first kappa shape index (κ1) is 16.1. The van der Waals surface area contributed by atoms with Crippen LogP contribution in [0.1, 0.15) is 46.5 Å². The summed E-state index contributed by atoms with van der Waals surface area (Å²) >= 11 is 0. The number of piperidine rings is 2. The van der Waals surface area contributed by atoms with Crippen LogP contribution >= 0.6 is 0 Å². The normalized spacial score (nSPS) is 21.1. The van der Waals surface area contributed by atoms with E-state index < -0.39 is 5.60 Å². The van der Waals surface area contributed by atoms with Crippen LogP contribution in [0.5, 0.6) is 0 Å². The van der Waals surface area contributed by atoms with Crippen molar-refractivity contribution in [1.29, 1.82) is 0 Å². The topological polar surface area (TPSA) is 63.2 Å². The van der Waals surface area contributed by atoms with Gasteiger partial charge in [0.25, 0.3) is 0 Å². The maximum absolute atomic E-state index is 12.0. The highest BCUT2D eigenvalue weighted by Gasteiger charge is 2.27. The first-order chi connectivity index (χ1) is 9.94. The predicted molar refractivity (Wildman–Crippen MR) is 81.5 cm³/mol. The molecular formula is C15H27N3O3. The van der Waals surface area contributed by atoms with Crippen LogP contribution in [0, 0.1) is 0 Å². The Morgan fingerprint density at radius 3 is 2.43 bits per heavy atom. The molecule has 2 rings (SSSR count). The van der Waals surface area contributed by atoms with Gasteiger partial charge in [-0.15, -0.1) is 0 Å². The second-order valence-electron chi connectivity index (χ2n) is 6.68. The molecule has 0 aromatic heterocycles. The number of likely N-dealkylation sites (tertiary alicyclic amines) is 1. The van der Waals surface area contributed by atoms with Gasteiger partial charge in [-0.2, -0.15) is 0 Å². The lowest BCUT2D eigenvalue weighted by Crippen LogP contribution is -2.43. The molecule has 0 unspecified atom stereocenters. The van der Waals surface area contributed by atoms with Crippen molar-refractivity contribution >= 4 is 11.8 Å². The van der Waals surface area contributed by atoms with E-state index in [0.29, 0.717) is 13.1 Å². The van der Waals surface area contributed by atoms with Gasteiger partial charge in [-0.25, -0.2) is 4.79 Å². The summed E-state index contributed by atoms with van der Waals surface area (Å²) in [6.45, 7) is 8.97. The van der Waals surface area contributed by atoms with Gasteiger partial charge in [0.2, 0.25) is 0 Å². The molecule has 120 valence electrons. The standard InChI is InChI=1S/C15H27N3O3/c1-15(2,3)20-14(19)18-10-6-13(7-11-18)21-17-12-4-8-16-9-5-12/h13,16H,4-11H2,1-3H3. The minimum Gasteiger partial charge on any atom is -0.444 e. The molecule has 6 nitrogen and oxygen atoms in total. The van der Waals surface area contributed by atoms with Crippen molar-refractivity contribution in [3.63, 3.8) is 0 Å². The van der Waals surface area contributed by atoms with Gasteiger partial charge in [-0.3, -0.25) is 0 Å². The molecule has 0 aliphatic carbocycles. The third-order valence-electron chi connectivity index (χ3n) is 3.61. The molecule has 0 bridgehead atoms. The number of hydrogen-bond acceptors (Lipinski definition) is 5. The molecule has 0 atom stereocenters. The largest absolute Gasteiger partial charge is 0.444 e. The lowest BCUT2D eigenvalue weighted by molar-refractivity contribution is -0.0102. The van der Waals surface area contributed by atoms with Crippen molar-refractivity contribution in [3.05, 3.63) is 0 Å². The van der Waals surface area contributed by atoms with Gasteiger partial charge in [0.15, 0.2) is 0 Å². The van der Waals surface area contributed by atoms with Crippen molar-refractivity contribution in [2.24, 2.45) is 5.16 Å². The average Bonchev–Trinajstić information content (AvgIpc) is 2.45. The van der Waals surface area contributed by atoms with Crippen LogP contribution in [-0.4, -0.2) is 54.6 Å². The Balaban J connectivity index is 1.71. The highest BCUT2D eigenvalue weighted by atomic mass is 16.6. The van der Waals surface area contributed by atoms with Gasteiger partial charge in [0.1, 0.15) is 11.7 Å². The van der Waals surface area contributed by atoms with Crippen LogP contribution in [0.3, 0.4) is 0 Å². The first-order valence-corrected chi connectivity index (χ1v) is 7.84. The van der Waals surface area contributed by atoms with Crippen LogP contribution in [0.4, 0.5) is 4.79 Å². The molecule has 6 heteroatoms. The molecule has 1 amide bonds. The zero-order valence-corrected chi connectivity index (χ0v) is 13.4. The van der Waals surface area contributed by atoms with E-state index in [1.165, 1.54) is 0 Å². The van der Waals surface area contributed by atoms with Gasteiger partial charge in [-0.1, -0.05) is 5.16 Å². The zero-order chi connectivity index (χ0) is 15.3. The van der Waals surface area contributed by atoms with Crippen LogP contribution in [0.15, 0.2) is 5.16 Å². The number of nitrogens with one attached hydrogen (secondary N) is 1. The number of rotatable bonds is 2. The number of amides is 1. The van der Waals surface area contributed by atoms with Gasteiger partial charge in [0, 0.05) is 51.9 Å². The molecule has 2 fully saturated rings. The summed E-state index contributed by atoms with van der Waals surface area (Å²) in [6.07, 6.45) is 3.45. The summed E-state index contributed by atoms with van der Waals surface area (Å²) in [5.41, 5.74) is 0.703. The molecule has 0 radical (unpaired) electrons. The number of nitrogens with zero attached hydrogens (tertiary/aromatic N) is 2. The van der Waals surface area contributed by atoms with Gasteiger partial charge in [0.05, 0.1) is 5.71 Å². The van der Waals surface area contributed by atoms with Crippen molar-refractivity contribution in [3.8, 4) is 0 Å². The zero-order valence-electron chi connectivity index (χ0n) is 13.4. The second-order valence-corrected chi connectivity index (χ2v) is 6.68. The summed E-state index contributed by atoms with van der Waals surface area (Å²) in [5.74, 6) is 0. The number of carbonyl (C=O) groups excluding carboxylic acids is 1. The maximum atomic E-state index is 12.0. The van der Waals surface area contributed by atoms with E-state index in [2.05, 4.69) is 10.5 Å². The number of ether oxygens (including phenoxy) is 1. The fraction of sp³-hybridized carbons (Fsp3) is 0.867. The Bertz CT molecular complexity index is 374. The first-order valence-electron chi connectivity index (χ1n) is 7.84. The highest BCUT2D eigenvalue weighted by molar-refractivity contribution is 5.84. The molecule has 21 heavy (non-hydrogen) atoms. The van der Waals surface area contributed by atoms with Crippen molar-refractivity contribution < 1.29 is 14.4 Å². The van der Waals surface area contributed by atoms with Crippen LogP contribution in [0.25, 0.3) is 0 Å². The lowest BCUT2D eigenvalue weighted by Gasteiger charge is -2.32. The van der Waals surface area contributed by atoms with E-state index in [9.17, 15) is 4.79 Å². The van der Waals surface area contributed by atoms with E-state index >= 15 is 0 Å². The highest BCUT2D eigenvalue weighted by Crippen LogP contribution is 2.17. The number of carbonyl (C=O) groups is 1. The summed E-state index contributed by atoms with van der Waals surface area (Å²) in [4.78, 5) is 19.3. The third kappa shape index (κ3) is 5.53. The minimum atomic E-state index is -0.439. The molecule has 2 saturated heterocycles. The second kappa shape index (κ2) is 7.11. The molecule has 0 aromatic rings.